The van der Waals surface area contributed by atoms with Gasteiger partial charge >= 0.3 is 17.4 Å². The van der Waals surface area contributed by atoms with E-state index in [0.29, 0.717) is 5.16 Å². The molecule has 0 aromatic heterocycles. The predicted molar refractivity (Wildman–Crippen MR) is 152 cm³/mol. The maximum absolute atomic E-state index is 6.32. The van der Waals surface area contributed by atoms with Gasteiger partial charge in [0.15, 0.2) is 0 Å². The van der Waals surface area contributed by atoms with E-state index in [4.69, 9.17) is 22.1 Å². The van der Waals surface area contributed by atoms with E-state index in [-0.39, 0.29) is 9.52 Å². The van der Waals surface area contributed by atoms with Crippen molar-refractivity contribution in [1.29, 1.82) is 0 Å². The summed E-state index contributed by atoms with van der Waals surface area (Å²) in [5.74, 6) is 0. The van der Waals surface area contributed by atoms with Crippen LogP contribution in [-0.4, -0.2) is 98.7 Å². The Morgan fingerprint density at radius 3 is 1.88 bits per heavy atom. The van der Waals surface area contributed by atoms with Crippen molar-refractivity contribution in [3.8, 4) is 0 Å². The van der Waals surface area contributed by atoms with E-state index < -0.39 is 17.4 Å². The van der Waals surface area contributed by atoms with Gasteiger partial charge < -0.3 is 32.3 Å². The molecule has 34 heavy (non-hydrogen) atoms. The summed E-state index contributed by atoms with van der Waals surface area (Å²) in [4.78, 5) is 2.53. The van der Waals surface area contributed by atoms with Gasteiger partial charge in [-0.05, 0) is 70.7 Å². The van der Waals surface area contributed by atoms with Crippen LogP contribution in [0, 0.1) is 0 Å². The second kappa shape index (κ2) is 21.5. The van der Waals surface area contributed by atoms with Crippen LogP contribution < -0.4 is 5.32 Å². The standard InChI is InChI=1S/C24H58N2O5Si3/c1-9-26(10-2)21-17-15-13-14-16-19-24(33(8,30-11-3)31-12-4)32-23-25-20-18-22-34(27-5,28-6)29-7/h24-25H,9-23,32H2,1-8H3. The van der Waals surface area contributed by atoms with Gasteiger partial charge in [-0.1, -0.05) is 46.0 Å². The molecule has 0 rings (SSSR count). The number of hydrogen-bond acceptors (Lipinski definition) is 7. The molecule has 0 heterocycles. The molecule has 1 atom stereocenters. The van der Waals surface area contributed by atoms with E-state index in [9.17, 15) is 0 Å². The molecule has 0 saturated heterocycles. The number of rotatable bonds is 25. The average molecular weight is 539 g/mol. The third-order valence-corrected chi connectivity index (χ3v) is 18.1. The van der Waals surface area contributed by atoms with Crippen LogP contribution in [0.4, 0.5) is 0 Å². The summed E-state index contributed by atoms with van der Waals surface area (Å²) in [5.41, 5.74) is 0. The van der Waals surface area contributed by atoms with Crippen LogP contribution in [0.25, 0.3) is 0 Å². The van der Waals surface area contributed by atoms with Gasteiger partial charge in [0.2, 0.25) is 0 Å². The molecule has 7 nitrogen and oxygen atoms in total. The predicted octanol–water partition coefficient (Wildman–Crippen LogP) is 4.13. The van der Waals surface area contributed by atoms with Crippen LogP contribution >= 0.6 is 0 Å². The van der Waals surface area contributed by atoms with Crippen molar-refractivity contribution in [1.82, 2.24) is 10.2 Å². The molecule has 1 N–H and O–H groups in total. The zero-order valence-electron chi connectivity index (χ0n) is 23.9. The fourth-order valence-corrected chi connectivity index (χ4v) is 13.5. The van der Waals surface area contributed by atoms with Crippen molar-refractivity contribution < 1.29 is 22.1 Å². The Balaban J connectivity index is 4.50. The largest absolute Gasteiger partial charge is 0.500 e. The summed E-state index contributed by atoms with van der Waals surface area (Å²) >= 11 is 0. The monoisotopic (exact) mass is 538 g/mol. The van der Waals surface area contributed by atoms with Crippen LogP contribution in [0.15, 0.2) is 0 Å². The first-order valence-electron chi connectivity index (χ1n) is 13.8. The number of unbranched alkanes of at least 4 members (excludes halogenated alkanes) is 4. The maximum atomic E-state index is 6.32. The quantitative estimate of drug-likeness (QED) is 0.139. The maximum Gasteiger partial charge on any atom is 0.500 e. The highest BCUT2D eigenvalue weighted by Gasteiger charge is 2.40. The normalized spacial score (nSPS) is 14.0. The molecule has 0 saturated carbocycles. The van der Waals surface area contributed by atoms with Crippen molar-refractivity contribution in [3.63, 3.8) is 0 Å². The SMILES string of the molecule is CCO[Si](C)(OCC)C(CCCCCCCN(CC)CC)[SiH2]CNCCC[Si](OC)(OC)OC. The first kappa shape index (κ1) is 34.4. The number of nitrogens with zero attached hydrogens (tertiary/aromatic N) is 1. The topological polar surface area (TPSA) is 61.4 Å². The Morgan fingerprint density at radius 2 is 1.35 bits per heavy atom. The molecule has 0 spiro atoms. The lowest BCUT2D eigenvalue weighted by Gasteiger charge is -2.34. The molecule has 0 radical (unpaired) electrons. The molecule has 0 amide bonds. The summed E-state index contributed by atoms with van der Waals surface area (Å²) in [6.07, 6.45) is 10.0. The summed E-state index contributed by atoms with van der Waals surface area (Å²) in [5, 5.41) is 4.33. The minimum Gasteiger partial charge on any atom is -0.395 e. The fourth-order valence-electron chi connectivity index (χ4n) is 4.70. The van der Waals surface area contributed by atoms with E-state index in [0.717, 1.165) is 38.4 Å². The molecule has 10 heteroatoms. The van der Waals surface area contributed by atoms with Crippen LogP contribution in [0.5, 0.6) is 0 Å². The highest BCUT2D eigenvalue weighted by atomic mass is 28.4. The first-order chi connectivity index (χ1) is 16.4. The Kier molecular flexibility index (Phi) is 21.7. The first-order valence-corrected chi connectivity index (χ1v) is 19.9. The number of nitrogens with one attached hydrogen (secondary N) is 1. The molecule has 0 fully saturated rings. The van der Waals surface area contributed by atoms with Gasteiger partial charge in [-0.25, -0.2) is 0 Å². The third kappa shape index (κ3) is 14.2. The van der Waals surface area contributed by atoms with Crippen molar-refractivity contribution in [2.24, 2.45) is 0 Å². The summed E-state index contributed by atoms with van der Waals surface area (Å²) in [6.45, 7) is 17.1. The van der Waals surface area contributed by atoms with Crippen LogP contribution in [0.1, 0.15) is 72.6 Å². The van der Waals surface area contributed by atoms with Gasteiger partial charge in [0.05, 0.1) is 0 Å². The molecule has 0 aliphatic heterocycles. The Labute approximate surface area is 216 Å². The van der Waals surface area contributed by atoms with Crippen molar-refractivity contribution in [2.75, 3.05) is 66.9 Å². The molecule has 0 aromatic carbocycles. The molecular formula is C24H58N2O5Si3. The second-order valence-electron chi connectivity index (χ2n) is 9.10. The van der Waals surface area contributed by atoms with E-state index in [1.807, 2.05) is 0 Å². The highest BCUT2D eigenvalue weighted by Crippen LogP contribution is 2.29. The average Bonchev–Trinajstić information content (AvgIpc) is 2.84. The van der Waals surface area contributed by atoms with E-state index in [2.05, 4.69) is 44.5 Å². The lowest BCUT2D eigenvalue weighted by Crippen LogP contribution is -2.48. The smallest absolute Gasteiger partial charge is 0.395 e. The molecule has 0 aromatic rings. The molecule has 1 unspecified atom stereocenters. The zero-order chi connectivity index (χ0) is 25.7. The summed E-state index contributed by atoms with van der Waals surface area (Å²) < 4.78 is 29.2. The van der Waals surface area contributed by atoms with Crippen LogP contribution in [0.2, 0.25) is 17.8 Å². The molecule has 0 aliphatic rings. The fraction of sp³-hybridized carbons (Fsp3) is 1.00. The zero-order valence-corrected chi connectivity index (χ0v) is 27.3. The molecular weight excluding hydrogens is 481 g/mol. The summed E-state index contributed by atoms with van der Waals surface area (Å²) in [7, 11) is 0.110. The van der Waals surface area contributed by atoms with Gasteiger partial charge in [0.25, 0.3) is 0 Å². The lowest BCUT2D eigenvalue weighted by molar-refractivity contribution is 0.123. The Hall–Kier alpha value is 0.371. The highest BCUT2D eigenvalue weighted by molar-refractivity contribution is 6.77. The Bertz CT molecular complexity index is 444. The van der Waals surface area contributed by atoms with E-state index in [1.54, 1.807) is 21.3 Å². The molecule has 0 bridgehead atoms. The van der Waals surface area contributed by atoms with Crippen LogP contribution in [0.3, 0.4) is 0 Å². The van der Waals surface area contributed by atoms with E-state index >= 15 is 0 Å². The second-order valence-corrected chi connectivity index (χ2v) is 18.5. The van der Waals surface area contributed by atoms with Gasteiger partial charge in [-0.2, -0.15) is 0 Å². The minimum atomic E-state index is -2.46. The van der Waals surface area contributed by atoms with Gasteiger partial charge in [-0.15, -0.1) is 0 Å². The van der Waals surface area contributed by atoms with Crippen LogP contribution in [-0.2, 0) is 22.1 Å². The van der Waals surface area contributed by atoms with Gasteiger partial charge in [0.1, 0.15) is 0 Å². The van der Waals surface area contributed by atoms with Crippen molar-refractivity contribution in [2.45, 2.75) is 90.4 Å². The lowest BCUT2D eigenvalue weighted by atomic mass is 10.1. The molecule has 0 aliphatic carbocycles. The van der Waals surface area contributed by atoms with Gasteiger partial charge in [0, 0.05) is 50.1 Å². The van der Waals surface area contributed by atoms with E-state index in [1.165, 1.54) is 58.2 Å². The van der Waals surface area contributed by atoms with Crippen molar-refractivity contribution in [3.05, 3.63) is 0 Å². The minimum absolute atomic E-state index is 0.347. The number of hydrogen-bond donors (Lipinski definition) is 1. The third-order valence-electron chi connectivity index (χ3n) is 6.96. The summed E-state index contributed by atoms with van der Waals surface area (Å²) in [6, 6.07) is 0.840. The Morgan fingerprint density at radius 1 is 0.794 bits per heavy atom. The van der Waals surface area contributed by atoms with Crippen molar-refractivity contribution >= 4 is 26.9 Å². The molecule has 206 valence electrons. The van der Waals surface area contributed by atoms with Gasteiger partial charge in [-0.3, -0.25) is 0 Å².